The maximum Gasteiger partial charge on any atom is 0.220 e. The number of hydrogen-bond acceptors (Lipinski definition) is 3. The van der Waals surface area contributed by atoms with Crippen molar-refractivity contribution in [1.82, 2.24) is 15.3 Å². The lowest BCUT2D eigenvalue weighted by atomic mass is 10.0. The lowest BCUT2D eigenvalue weighted by molar-refractivity contribution is -0.122. The lowest BCUT2D eigenvalue weighted by Gasteiger charge is -2.22. The van der Waals surface area contributed by atoms with Gasteiger partial charge in [-0.2, -0.15) is 0 Å². The number of nitrogens with one attached hydrogen (secondary N) is 2. The number of aromatic amines is 1. The molecule has 1 unspecified atom stereocenters. The number of aromatic nitrogens is 2. The highest BCUT2D eigenvalue weighted by Crippen LogP contribution is 2.16. The summed E-state index contributed by atoms with van der Waals surface area (Å²) >= 11 is 0. The van der Waals surface area contributed by atoms with E-state index in [4.69, 9.17) is 4.74 Å². The molecule has 1 aliphatic rings. The van der Waals surface area contributed by atoms with Crippen molar-refractivity contribution in [2.45, 2.75) is 44.8 Å². The van der Waals surface area contributed by atoms with E-state index in [0.717, 1.165) is 31.6 Å². The first kappa shape index (κ1) is 12.1. The zero-order chi connectivity index (χ0) is 11.9. The highest BCUT2D eigenvalue weighted by atomic mass is 16.5. The van der Waals surface area contributed by atoms with E-state index in [1.54, 1.807) is 12.5 Å². The van der Waals surface area contributed by atoms with Gasteiger partial charge in [-0.1, -0.05) is 0 Å². The van der Waals surface area contributed by atoms with Gasteiger partial charge in [0.1, 0.15) is 0 Å². The quantitative estimate of drug-likeness (QED) is 0.813. The van der Waals surface area contributed by atoms with Crippen LogP contribution in [0, 0.1) is 0 Å². The number of carbonyl (C=O) groups is 1. The summed E-state index contributed by atoms with van der Waals surface area (Å²) in [6.45, 7) is 1.37. The minimum Gasteiger partial charge on any atom is -0.378 e. The minimum atomic E-state index is 0.0776. The summed E-state index contributed by atoms with van der Waals surface area (Å²) in [4.78, 5) is 18.4. The van der Waals surface area contributed by atoms with Gasteiger partial charge in [-0.3, -0.25) is 4.79 Å². The summed E-state index contributed by atoms with van der Waals surface area (Å²) in [5.41, 5.74) is 0.923. The van der Waals surface area contributed by atoms with Crippen molar-refractivity contribution < 1.29 is 9.53 Å². The first-order valence-electron chi connectivity index (χ1n) is 6.20. The normalized spacial score (nSPS) is 20.1. The molecule has 5 heteroatoms. The summed E-state index contributed by atoms with van der Waals surface area (Å²) in [7, 11) is 0. The van der Waals surface area contributed by atoms with E-state index in [1.807, 2.05) is 0 Å². The van der Waals surface area contributed by atoms with E-state index >= 15 is 0 Å². The lowest BCUT2D eigenvalue weighted by Crippen LogP contribution is -2.26. The molecular weight excluding hydrogens is 218 g/mol. The van der Waals surface area contributed by atoms with Crippen molar-refractivity contribution in [2.24, 2.45) is 0 Å². The summed E-state index contributed by atoms with van der Waals surface area (Å²) in [5.74, 6) is 0.0776. The van der Waals surface area contributed by atoms with Crippen molar-refractivity contribution >= 4 is 5.91 Å². The van der Waals surface area contributed by atoms with Crippen molar-refractivity contribution in [3.63, 3.8) is 0 Å². The fourth-order valence-electron chi connectivity index (χ4n) is 1.99. The van der Waals surface area contributed by atoms with Gasteiger partial charge in [0, 0.05) is 19.2 Å². The van der Waals surface area contributed by atoms with Crippen LogP contribution in [0.4, 0.5) is 0 Å². The number of rotatable bonds is 5. The monoisotopic (exact) mass is 237 g/mol. The van der Waals surface area contributed by atoms with Crippen LogP contribution < -0.4 is 5.32 Å². The van der Waals surface area contributed by atoms with Gasteiger partial charge < -0.3 is 15.0 Å². The molecule has 17 heavy (non-hydrogen) atoms. The number of carbonyl (C=O) groups excluding carboxylic acids is 1. The Hall–Kier alpha value is -1.36. The molecule has 1 saturated heterocycles. The van der Waals surface area contributed by atoms with Crippen LogP contribution in [0.1, 0.15) is 37.8 Å². The van der Waals surface area contributed by atoms with Gasteiger partial charge in [0.2, 0.25) is 5.91 Å². The Morgan fingerprint density at radius 3 is 3.24 bits per heavy atom. The molecule has 0 bridgehead atoms. The van der Waals surface area contributed by atoms with E-state index < -0.39 is 0 Å². The molecule has 1 amide bonds. The Morgan fingerprint density at radius 2 is 2.53 bits per heavy atom. The van der Waals surface area contributed by atoms with Crippen LogP contribution in [0.25, 0.3) is 0 Å². The van der Waals surface area contributed by atoms with E-state index in [-0.39, 0.29) is 12.0 Å². The molecule has 0 radical (unpaired) electrons. The van der Waals surface area contributed by atoms with Crippen LogP contribution in [-0.2, 0) is 16.1 Å². The summed E-state index contributed by atoms with van der Waals surface area (Å²) in [6, 6.07) is 0. The highest BCUT2D eigenvalue weighted by molar-refractivity contribution is 5.75. The molecule has 0 saturated carbocycles. The van der Waals surface area contributed by atoms with Crippen molar-refractivity contribution in [3.8, 4) is 0 Å². The molecule has 2 heterocycles. The van der Waals surface area contributed by atoms with Gasteiger partial charge in [-0.05, 0) is 25.7 Å². The largest absolute Gasteiger partial charge is 0.378 e. The molecule has 1 aromatic heterocycles. The third-order valence-corrected chi connectivity index (χ3v) is 3.00. The highest BCUT2D eigenvalue weighted by Gasteiger charge is 2.15. The van der Waals surface area contributed by atoms with E-state index in [1.165, 1.54) is 6.42 Å². The summed E-state index contributed by atoms with van der Waals surface area (Å²) in [5, 5.41) is 2.86. The average molecular weight is 237 g/mol. The molecule has 0 aromatic carbocycles. The van der Waals surface area contributed by atoms with Crippen LogP contribution in [0.5, 0.6) is 0 Å². The second kappa shape index (κ2) is 6.39. The van der Waals surface area contributed by atoms with Gasteiger partial charge in [-0.25, -0.2) is 4.98 Å². The van der Waals surface area contributed by atoms with E-state index in [2.05, 4.69) is 15.3 Å². The molecule has 0 aliphatic carbocycles. The minimum absolute atomic E-state index is 0.0776. The number of imidazole rings is 1. The molecule has 0 spiro atoms. The first-order chi connectivity index (χ1) is 8.34. The Labute approximate surface area is 101 Å². The molecule has 1 aliphatic heterocycles. The van der Waals surface area contributed by atoms with E-state index in [0.29, 0.717) is 13.0 Å². The number of H-pyrrole nitrogens is 1. The van der Waals surface area contributed by atoms with Gasteiger partial charge in [-0.15, -0.1) is 0 Å². The summed E-state index contributed by atoms with van der Waals surface area (Å²) in [6.07, 6.45) is 8.44. The zero-order valence-electron chi connectivity index (χ0n) is 9.95. The smallest absolute Gasteiger partial charge is 0.220 e. The predicted octanol–water partition coefficient (Wildman–Crippen LogP) is 1.38. The molecule has 1 fully saturated rings. The first-order valence-corrected chi connectivity index (χ1v) is 6.20. The van der Waals surface area contributed by atoms with Gasteiger partial charge in [0.25, 0.3) is 0 Å². The molecule has 5 nitrogen and oxygen atoms in total. The molecular formula is C12H19N3O2. The van der Waals surface area contributed by atoms with Gasteiger partial charge in [0.15, 0.2) is 0 Å². The molecule has 94 valence electrons. The maximum atomic E-state index is 11.6. The summed E-state index contributed by atoms with van der Waals surface area (Å²) < 4.78 is 5.58. The standard InChI is InChI=1S/C12H19N3O2/c16-12(14-8-10-7-13-9-15-10)5-4-11-3-1-2-6-17-11/h7,9,11H,1-6,8H2,(H,13,15)(H,14,16). The second-order valence-electron chi connectivity index (χ2n) is 4.38. The van der Waals surface area contributed by atoms with Crippen molar-refractivity contribution in [3.05, 3.63) is 18.2 Å². The molecule has 2 N–H and O–H groups in total. The number of ether oxygens (including phenoxy) is 1. The van der Waals surface area contributed by atoms with Crippen LogP contribution in [0.15, 0.2) is 12.5 Å². The Kier molecular flexibility index (Phi) is 4.55. The maximum absolute atomic E-state index is 11.6. The van der Waals surface area contributed by atoms with Crippen LogP contribution >= 0.6 is 0 Å². The fourth-order valence-corrected chi connectivity index (χ4v) is 1.99. The Bertz CT molecular complexity index is 332. The van der Waals surface area contributed by atoms with E-state index in [9.17, 15) is 4.79 Å². The SMILES string of the molecule is O=C(CCC1CCCCO1)NCc1cnc[nH]1. The second-order valence-corrected chi connectivity index (χ2v) is 4.38. The number of hydrogen-bond donors (Lipinski definition) is 2. The fraction of sp³-hybridized carbons (Fsp3) is 0.667. The molecule has 1 atom stereocenters. The molecule has 2 rings (SSSR count). The van der Waals surface area contributed by atoms with Gasteiger partial charge >= 0.3 is 0 Å². The third-order valence-electron chi connectivity index (χ3n) is 3.00. The van der Waals surface area contributed by atoms with Crippen LogP contribution in [0.3, 0.4) is 0 Å². The molecule has 1 aromatic rings. The predicted molar refractivity (Wildman–Crippen MR) is 63.3 cm³/mol. The van der Waals surface area contributed by atoms with Crippen LogP contribution in [-0.4, -0.2) is 28.6 Å². The average Bonchev–Trinajstić information content (AvgIpc) is 2.88. The number of amides is 1. The third kappa shape index (κ3) is 4.19. The Balaban J connectivity index is 1.60. The van der Waals surface area contributed by atoms with Crippen molar-refractivity contribution in [1.29, 1.82) is 0 Å². The number of nitrogens with zero attached hydrogens (tertiary/aromatic N) is 1. The van der Waals surface area contributed by atoms with Crippen molar-refractivity contribution in [2.75, 3.05) is 6.61 Å². The van der Waals surface area contributed by atoms with Crippen LogP contribution in [0.2, 0.25) is 0 Å². The topological polar surface area (TPSA) is 67.0 Å². The zero-order valence-corrected chi connectivity index (χ0v) is 9.95. The van der Waals surface area contributed by atoms with Gasteiger partial charge in [0.05, 0.1) is 24.7 Å². The Morgan fingerprint density at radius 1 is 1.59 bits per heavy atom.